The van der Waals surface area contributed by atoms with Crippen LogP contribution in [0.15, 0.2) is 0 Å². The first-order chi connectivity index (χ1) is 8.11. The number of carbonyl (C=O) groups is 1. The van der Waals surface area contributed by atoms with Gasteiger partial charge >= 0.3 is 0 Å². The molecule has 1 aliphatic heterocycles. The number of hydrogen-bond donors (Lipinski definition) is 1. The van der Waals surface area contributed by atoms with E-state index in [1.807, 2.05) is 19.0 Å². The van der Waals surface area contributed by atoms with Gasteiger partial charge in [-0.05, 0) is 20.5 Å². The smallest absolute Gasteiger partial charge is 0.284 e. The van der Waals surface area contributed by atoms with Crippen molar-refractivity contribution in [3.63, 3.8) is 0 Å². The average Bonchev–Trinajstić information content (AvgIpc) is 2.97. The summed E-state index contributed by atoms with van der Waals surface area (Å²) in [5.41, 5.74) is 0. The fourth-order valence-electron chi connectivity index (χ4n) is 1.89. The summed E-state index contributed by atoms with van der Waals surface area (Å²) < 4.78 is 0. The van der Waals surface area contributed by atoms with E-state index >= 15 is 0 Å². The predicted molar refractivity (Wildman–Crippen MR) is 67.5 cm³/mol. The number of aromatic nitrogens is 2. The highest BCUT2D eigenvalue weighted by atomic mass is 32.1. The van der Waals surface area contributed by atoms with Crippen LogP contribution in [0.3, 0.4) is 0 Å². The number of nitrogens with zero attached hydrogens (tertiary/aromatic N) is 4. The molecule has 0 aliphatic carbocycles. The van der Waals surface area contributed by atoms with Gasteiger partial charge in [-0.2, -0.15) is 0 Å². The van der Waals surface area contributed by atoms with Gasteiger partial charge in [-0.1, -0.05) is 11.3 Å². The molecule has 0 radical (unpaired) electrons. The van der Waals surface area contributed by atoms with Gasteiger partial charge in [-0.15, -0.1) is 10.2 Å². The topological polar surface area (TPSA) is 61.4 Å². The Bertz CT molecular complexity index is 405. The van der Waals surface area contributed by atoms with Crippen LogP contribution in [-0.2, 0) is 0 Å². The second kappa shape index (κ2) is 4.97. The first-order valence-corrected chi connectivity index (χ1v) is 6.40. The second-order valence-corrected chi connectivity index (χ2v) is 5.30. The molecule has 6 nitrogen and oxygen atoms in total. The van der Waals surface area contributed by atoms with Crippen molar-refractivity contribution < 1.29 is 4.79 Å². The van der Waals surface area contributed by atoms with Crippen molar-refractivity contribution in [2.75, 3.05) is 39.5 Å². The third-order valence-corrected chi connectivity index (χ3v) is 3.93. The molecule has 17 heavy (non-hydrogen) atoms. The van der Waals surface area contributed by atoms with E-state index in [1.165, 1.54) is 11.3 Å². The summed E-state index contributed by atoms with van der Waals surface area (Å²) in [7, 11) is 5.86. The van der Waals surface area contributed by atoms with E-state index in [1.54, 1.807) is 7.05 Å². The Hall–Kier alpha value is -1.21. The van der Waals surface area contributed by atoms with Crippen LogP contribution in [0.5, 0.6) is 0 Å². The van der Waals surface area contributed by atoms with E-state index in [-0.39, 0.29) is 5.91 Å². The molecule has 1 N–H and O–H groups in total. The van der Waals surface area contributed by atoms with Gasteiger partial charge in [0.15, 0.2) is 0 Å². The number of nitrogens with one attached hydrogen (secondary N) is 1. The molecule has 0 spiro atoms. The molecule has 7 heteroatoms. The highest BCUT2D eigenvalue weighted by molar-refractivity contribution is 7.17. The molecule has 2 rings (SSSR count). The maximum atomic E-state index is 12.1. The number of hydrogen-bond acceptors (Lipinski definition) is 6. The number of likely N-dealkylation sites (N-methyl/N-ethyl adjacent to an activating group) is 1. The largest absolute Gasteiger partial charge is 0.363 e. The van der Waals surface area contributed by atoms with Gasteiger partial charge in [0.25, 0.3) is 5.91 Å². The number of carbonyl (C=O) groups excluding carboxylic acids is 1. The Balaban J connectivity index is 2.01. The summed E-state index contributed by atoms with van der Waals surface area (Å²) in [4.78, 5) is 16.1. The summed E-state index contributed by atoms with van der Waals surface area (Å²) in [6.45, 7) is 1.58. The van der Waals surface area contributed by atoms with Gasteiger partial charge in [0.1, 0.15) is 0 Å². The molecule has 1 fully saturated rings. The molecule has 94 valence electrons. The molecular weight excluding hydrogens is 238 g/mol. The van der Waals surface area contributed by atoms with Gasteiger partial charge < -0.3 is 15.1 Å². The van der Waals surface area contributed by atoms with E-state index in [2.05, 4.69) is 20.4 Å². The maximum Gasteiger partial charge on any atom is 0.284 e. The molecule has 1 unspecified atom stereocenters. The van der Waals surface area contributed by atoms with Gasteiger partial charge in [0.05, 0.1) is 0 Å². The Kier molecular flexibility index (Phi) is 3.58. The first-order valence-electron chi connectivity index (χ1n) is 5.58. The molecule has 1 saturated heterocycles. The van der Waals surface area contributed by atoms with Gasteiger partial charge in [0.2, 0.25) is 10.1 Å². The van der Waals surface area contributed by atoms with Crippen LogP contribution in [0, 0.1) is 0 Å². The summed E-state index contributed by atoms with van der Waals surface area (Å²) >= 11 is 1.30. The number of likely N-dealkylation sites (tertiary alicyclic amines) is 1. The fourth-order valence-corrected chi connectivity index (χ4v) is 2.56. The van der Waals surface area contributed by atoms with Crippen LogP contribution < -0.4 is 5.32 Å². The lowest BCUT2D eigenvalue weighted by Crippen LogP contribution is -2.34. The van der Waals surface area contributed by atoms with Crippen molar-refractivity contribution in [2.45, 2.75) is 12.5 Å². The van der Waals surface area contributed by atoms with E-state index in [0.717, 1.165) is 19.5 Å². The molecule has 1 aromatic rings. The number of amides is 1. The third-order valence-electron chi connectivity index (χ3n) is 3.00. The van der Waals surface area contributed by atoms with Crippen LogP contribution in [0.1, 0.15) is 16.2 Å². The average molecular weight is 255 g/mol. The van der Waals surface area contributed by atoms with Crippen LogP contribution in [0.25, 0.3) is 0 Å². The Labute approximate surface area is 105 Å². The minimum atomic E-state index is -0.00616. The molecule has 1 atom stereocenters. The Morgan fingerprint density at radius 2 is 2.29 bits per heavy atom. The minimum Gasteiger partial charge on any atom is -0.363 e. The molecule has 1 amide bonds. The second-order valence-electron chi connectivity index (χ2n) is 4.32. The van der Waals surface area contributed by atoms with Crippen molar-refractivity contribution in [1.29, 1.82) is 0 Å². The van der Waals surface area contributed by atoms with Crippen LogP contribution in [0.4, 0.5) is 5.13 Å². The van der Waals surface area contributed by atoms with E-state index < -0.39 is 0 Å². The summed E-state index contributed by atoms with van der Waals surface area (Å²) in [6.07, 6.45) is 1.02. The molecule has 0 saturated carbocycles. The summed E-state index contributed by atoms with van der Waals surface area (Å²) in [5, 5.41) is 11.8. The van der Waals surface area contributed by atoms with Crippen LogP contribution in [-0.4, -0.2) is 66.2 Å². The van der Waals surface area contributed by atoms with Crippen molar-refractivity contribution in [1.82, 2.24) is 20.0 Å². The number of anilines is 1. The minimum absolute atomic E-state index is 0.00616. The summed E-state index contributed by atoms with van der Waals surface area (Å²) in [6, 6.07) is 0.454. The molecule has 1 aliphatic rings. The zero-order valence-electron chi connectivity index (χ0n) is 10.3. The molecule has 1 aromatic heterocycles. The molecule has 0 aromatic carbocycles. The van der Waals surface area contributed by atoms with E-state index in [0.29, 0.717) is 16.2 Å². The SMILES string of the molecule is CNc1nnc(C(=O)N2CCC(N(C)C)C2)s1. The monoisotopic (exact) mass is 255 g/mol. The van der Waals surface area contributed by atoms with E-state index in [9.17, 15) is 4.79 Å². The highest BCUT2D eigenvalue weighted by Crippen LogP contribution is 2.20. The molecular formula is C10H17N5OS. The van der Waals surface area contributed by atoms with Crippen molar-refractivity contribution >= 4 is 22.4 Å². The Morgan fingerprint density at radius 1 is 1.53 bits per heavy atom. The van der Waals surface area contributed by atoms with E-state index in [4.69, 9.17) is 0 Å². The van der Waals surface area contributed by atoms with Crippen molar-refractivity contribution in [2.24, 2.45) is 0 Å². The highest BCUT2D eigenvalue weighted by Gasteiger charge is 2.29. The normalized spacial score (nSPS) is 20.0. The predicted octanol–water partition coefficient (Wildman–Crippen LogP) is 0.356. The van der Waals surface area contributed by atoms with Crippen LogP contribution >= 0.6 is 11.3 Å². The first kappa shape index (κ1) is 12.3. The zero-order valence-corrected chi connectivity index (χ0v) is 11.1. The number of rotatable bonds is 3. The molecule has 0 bridgehead atoms. The standard InChI is InChI=1S/C10H17N5OS/c1-11-10-13-12-8(17-10)9(16)15-5-4-7(6-15)14(2)3/h7H,4-6H2,1-3H3,(H,11,13). The maximum absolute atomic E-state index is 12.1. The lowest BCUT2D eigenvalue weighted by Gasteiger charge is -2.19. The van der Waals surface area contributed by atoms with Crippen molar-refractivity contribution in [3.8, 4) is 0 Å². The van der Waals surface area contributed by atoms with Gasteiger partial charge in [-0.3, -0.25) is 4.79 Å². The van der Waals surface area contributed by atoms with Gasteiger partial charge in [-0.25, -0.2) is 0 Å². The fraction of sp³-hybridized carbons (Fsp3) is 0.700. The lowest BCUT2D eigenvalue weighted by atomic mass is 10.2. The van der Waals surface area contributed by atoms with Gasteiger partial charge in [0, 0.05) is 26.2 Å². The lowest BCUT2D eigenvalue weighted by molar-refractivity contribution is 0.0782. The zero-order chi connectivity index (χ0) is 12.4. The van der Waals surface area contributed by atoms with Crippen molar-refractivity contribution in [3.05, 3.63) is 5.01 Å². The third kappa shape index (κ3) is 2.55. The summed E-state index contributed by atoms with van der Waals surface area (Å²) in [5.74, 6) is -0.00616. The van der Waals surface area contributed by atoms with Crippen LogP contribution in [0.2, 0.25) is 0 Å². The Morgan fingerprint density at radius 3 is 2.82 bits per heavy atom. The quantitative estimate of drug-likeness (QED) is 0.845. The molecule has 2 heterocycles.